The second-order valence-corrected chi connectivity index (χ2v) is 7.15. The predicted molar refractivity (Wildman–Crippen MR) is 79.1 cm³/mol. The zero-order valence-corrected chi connectivity index (χ0v) is 12.9. The van der Waals surface area contributed by atoms with Gasteiger partial charge in [-0.3, -0.25) is 4.79 Å². The Morgan fingerprint density at radius 2 is 2.35 bits per heavy atom. The summed E-state index contributed by atoms with van der Waals surface area (Å²) >= 11 is 7.14. The van der Waals surface area contributed by atoms with Gasteiger partial charge in [0.25, 0.3) is 5.56 Å². The molecule has 0 radical (unpaired) electrons. The van der Waals surface area contributed by atoms with Crippen molar-refractivity contribution in [3.05, 3.63) is 26.3 Å². The lowest BCUT2D eigenvalue weighted by Gasteiger charge is -2.20. The lowest BCUT2D eigenvalue weighted by atomic mass is 10.2. The normalized spacial score (nSPS) is 20.5. The van der Waals surface area contributed by atoms with Gasteiger partial charge < -0.3 is 4.98 Å². The van der Waals surface area contributed by atoms with E-state index in [4.69, 9.17) is 0 Å². The summed E-state index contributed by atoms with van der Waals surface area (Å²) in [5.41, 5.74) is 0.844. The van der Waals surface area contributed by atoms with E-state index in [0.717, 1.165) is 35.9 Å². The van der Waals surface area contributed by atoms with Crippen LogP contribution in [0.15, 0.2) is 9.27 Å². The number of aromatic nitrogens is 2. The highest BCUT2D eigenvalue weighted by Gasteiger charge is 2.20. The van der Waals surface area contributed by atoms with Crippen LogP contribution in [0.25, 0.3) is 0 Å². The highest BCUT2D eigenvalue weighted by atomic mass is 79.9. The molecule has 0 saturated carbocycles. The van der Waals surface area contributed by atoms with E-state index in [-0.39, 0.29) is 5.56 Å². The third kappa shape index (κ3) is 3.29. The molecular weight excluding hydrogens is 320 g/mol. The molecule has 1 atom stereocenters. The van der Waals surface area contributed by atoms with Gasteiger partial charge in [0.1, 0.15) is 10.3 Å². The number of H-pyrrole nitrogens is 1. The van der Waals surface area contributed by atoms with Crippen LogP contribution in [0.4, 0.5) is 0 Å². The monoisotopic (exact) mass is 334 g/mol. The van der Waals surface area contributed by atoms with E-state index in [0.29, 0.717) is 9.72 Å². The molecule has 1 aliphatic rings. The lowest BCUT2D eigenvalue weighted by molar-refractivity contribution is 0.810. The molecule has 1 aliphatic heterocycles. The van der Waals surface area contributed by atoms with Crippen LogP contribution in [-0.2, 0) is 6.42 Å². The SMILES string of the molecule is CCCc1nc(C2CSCCS2)[nH]c(=O)c1Br. The Labute approximate surface area is 118 Å². The largest absolute Gasteiger partial charge is 0.309 e. The van der Waals surface area contributed by atoms with Crippen molar-refractivity contribution in [1.29, 1.82) is 0 Å². The molecule has 2 heterocycles. The van der Waals surface area contributed by atoms with Gasteiger partial charge in [-0.05, 0) is 22.4 Å². The predicted octanol–water partition coefficient (Wildman–Crippen LogP) is 3.01. The quantitative estimate of drug-likeness (QED) is 0.922. The summed E-state index contributed by atoms with van der Waals surface area (Å²) in [5.74, 6) is 4.22. The highest BCUT2D eigenvalue weighted by molar-refractivity contribution is 9.10. The van der Waals surface area contributed by atoms with E-state index in [1.807, 2.05) is 23.5 Å². The number of halogens is 1. The van der Waals surface area contributed by atoms with Crippen LogP contribution in [0, 0.1) is 0 Å². The standard InChI is InChI=1S/C11H15BrN2OS2/c1-2-3-7-9(12)11(15)14-10(13-7)8-6-16-4-5-17-8/h8H,2-6H2,1H3,(H,13,14,15). The number of nitrogens with one attached hydrogen (secondary N) is 1. The maximum Gasteiger partial charge on any atom is 0.265 e. The Balaban J connectivity index is 2.30. The molecule has 17 heavy (non-hydrogen) atoms. The summed E-state index contributed by atoms with van der Waals surface area (Å²) in [5, 5.41) is 0.338. The minimum absolute atomic E-state index is 0.0466. The van der Waals surface area contributed by atoms with Crippen LogP contribution in [0.1, 0.15) is 30.1 Å². The zero-order chi connectivity index (χ0) is 12.3. The van der Waals surface area contributed by atoms with Gasteiger partial charge in [-0.1, -0.05) is 13.3 Å². The molecule has 1 N–H and O–H groups in total. The second kappa shape index (κ2) is 6.29. The summed E-state index contributed by atoms with van der Waals surface area (Å²) in [4.78, 5) is 19.3. The van der Waals surface area contributed by atoms with E-state index in [2.05, 4.69) is 32.8 Å². The van der Waals surface area contributed by atoms with Crippen LogP contribution in [0.3, 0.4) is 0 Å². The molecule has 0 amide bonds. The number of aryl methyl sites for hydroxylation is 1. The zero-order valence-electron chi connectivity index (χ0n) is 9.66. The van der Waals surface area contributed by atoms with E-state index in [1.54, 1.807) is 0 Å². The number of hydrogen-bond acceptors (Lipinski definition) is 4. The van der Waals surface area contributed by atoms with E-state index in [1.165, 1.54) is 5.75 Å². The first kappa shape index (κ1) is 13.5. The number of rotatable bonds is 3. The van der Waals surface area contributed by atoms with Crippen molar-refractivity contribution in [3.8, 4) is 0 Å². The van der Waals surface area contributed by atoms with Crippen LogP contribution in [-0.4, -0.2) is 27.2 Å². The van der Waals surface area contributed by atoms with Crippen molar-refractivity contribution < 1.29 is 0 Å². The summed E-state index contributed by atoms with van der Waals surface area (Å²) in [6.07, 6.45) is 1.85. The molecule has 0 aliphatic carbocycles. The molecule has 1 fully saturated rings. The molecule has 94 valence electrons. The number of thioether (sulfide) groups is 2. The maximum atomic E-state index is 11.8. The first-order valence-electron chi connectivity index (χ1n) is 5.70. The van der Waals surface area contributed by atoms with E-state index >= 15 is 0 Å². The van der Waals surface area contributed by atoms with Crippen molar-refractivity contribution in [1.82, 2.24) is 9.97 Å². The lowest BCUT2D eigenvalue weighted by Crippen LogP contribution is -2.19. The molecule has 3 nitrogen and oxygen atoms in total. The average Bonchev–Trinajstić information content (AvgIpc) is 2.36. The van der Waals surface area contributed by atoms with E-state index in [9.17, 15) is 4.79 Å². The van der Waals surface area contributed by atoms with Crippen LogP contribution < -0.4 is 5.56 Å². The number of aromatic amines is 1. The summed E-state index contributed by atoms with van der Waals surface area (Å²) in [7, 11) is 0. The number of hydrogen-bond donors (Lipinski definition) is 1. The van der Waals surface area contributed by atoms with Crippen molar-refractivity contribution >= 4 is 39.5 Å². The van der Waals surface area contributed by atoms with Gasteiger partial charge >= 0.3 is 0 Å². The molecule has 1 aromatic heterocycles. The smallest absolute Gasteiger partial charge is 0.265 e. The molecule has 0 aromatic carbocycles. The summed E-state index contributed by atoms with van der Waals surface area (Å²) in [6, 6.07) is 0. The third-order valence-electron chi connectivity index (χ3n) is 2.56. The molecule has 0 bridgehead atoms. The van der Waals surface area contributed by atoms with Gasteiger partial charge in [-0.2, -0.15) is 11.8 Å². The van der Waals surface area contributed by atoms with Crippen molar-refractivity contribution in [2.75, 3.05) is 17.3 Å². The average molecular weight is 335 g/mol. The van der Waals surface area contributed by atoms with Crippen LogP contribution in [0.2, 0.25) is 0 Å². The molecule has 1 saturated heterocycles. The van der Waals surface area contributed by atoms with Gasteiger partial charge in [-0.25, -0.2) is 4.98 Å². The van der Waals surface area contributed by atoms with Crippen LogP contribution >= 0.6 is 39.5 Å². The van der Waals surface area contributed by atoms with Crippen molar-refractivity contribution in [2.45, 2.75) is 25.0 Å². The third-order valence-corrected chi connectivity index (χ3v) is 6.14. The van der Waals surface area contributed by atoms with Gasteiger partial charge in [0.2, 0.25) is 0 Å². The Kier molecular flexibility index (Phi) is 4.99. The highest BCUT2D eigenvalue weighted by Crippen LogP contribution is 2.34. The van der Waals surface area contributed by atoms with Gasteiger partial charge in [-0.15, -0.1) is 11.8 Å². The first-order valence-corrected chi connectivity index (χ1v) is 8.70. The van der Waals surface area contributed by atoms with Crippen molar-refractivity contribution in [3.63, 3.8) is 0 Å². The topological polar surface area (TPSA) is 45.8 Å². The minimum Gasteiger partial charge on any atom is -0.309 e. The van der Waals surface area contributed by atoms with E-state index < -0.39 is 0 Å². The van der Waals surface area contributed by atoms with Gasteiger partial charge in [0.05, 0.1) is 10.9 Å². The van der Waals surface area contributed by atoms with Crippen molar-refractivity contribution in [2.24, 2.45) is 0 Å². The molecular formula is C11H15BrN2OS2. The molecule has 6 heteroatoms. The summed E-state index contributed by atoms with van der Waals surface area (Å²) in [6.45, 7) is 2.10. The Bertz CT molecular complexity index is 444. The Hall–Kier alpha value is 0.0600. The fourth-order valence-electron chi connectivity index (χ4n) is 1.73. The number of nitrogens with zero attached hydrogens (tertiary/aromatic N) is 1. The fraction of sp³-hybridized carbons (Fsp3) is 0.636. The second-order valence-electron chi connectivity index (χ2n) is 3.90. The molecule has 1 aromatic rings. The van der Waals surface area contributed by atoms with Crippen LogP contribution in [0.5, 0.6) is 0 Å². The fourth-order valence-corrected chi connectivity index (χ4v) is 4.73. The molecule has 1 unspecified atom stereocenters. The Morgan fingerprint density at radius 3 is 3.00 bits per heavy atom. The summed E-state index contributed by atoms with van der Waals surface area (Å²) < 4.78 is 0.594. The molecule has 2 rings (SSSR count). The maximum absolute atomic E-state index is 11.8. The van der Waals surface area contributed by atoms with Gasteiger partial charge in [0.15, 0.2) is 0 Å². The van der Waals surface area contributed by atoms with Gasteiger partial charge in [0, 0.05) is 17.3 Å². The minimum atomic E-state index is -0.0466. The first-order chi connectivity index (χ1) is 8.22. The molecule has 0 spiro atoms. The Morgan fingerprint density at radius 1 is 1.53 bits per heavy atom.